The van der Waals surface area contributed by atoms with Crippen LogP contribution in [0.1, 0.15) is 16.7 Å². The number of halogens is 3. The van der Waals surface area contributed by atoms with E-state index in [4.69, 9.17) is 44.3 Å². The maximum absolute atomic E-state index is 13.4. The number of nitrogens with one attached hydrogen (secondary N) is 1. The number of hydrogen-bond donors (Lipinski definition) is 1. The minimum absolute atomic E-state index is 0.214. The molecule has 10 heteroatoms. The van der Waals surface area contributed by atoms with Crippen LogP contribution < -0.4 is 19.7 Å². The number of barbiturate groups is 1. The molecule has 5 rings (SSSR count). The first-order chi connectivity index (χ1) is 19.8. The number of urea groups is 1. The van der Waals surface area contributed by atoms with Crippen LogP contribution in [0.4, 0.5) is 10.5 Å². The number of anilines is 1. The van der Waals surface area contributed by atoms with Gasteiger partial charge in [0.25, 0.3) is 11.8 Å². The van der Waals surface area contributed by atoms with Crippen LogP contribution >= 0.6 is 34.8 Å². The molecule has 0 bridgehead atoms. The highest BCUT2D eigenvalue weighted by molar-refractivity contribution is 6.39. The summed E-state index contributed by atoms with van der Waals surface area (Å²) in [5.74, 6) is -0.704. The van der Waals surface area contributed by atoms with Gasteiger partial charge in [-0.2, -0.15) is 0 Å². The molecule has 1 aliphatic rings. The van der Waals surface area contributed by atoms with Gasteiger partial charge in [-0.3, -0.25) is 14.9 Å². The topological polar surface area (TPSA) is 84.9 Å². The molecule has 7 nitrogen and oxygen atoms in total. The molecule has 1 N–H and O–H groups in total. The summed E-state index contributed by atoms with van der Waals surface area (Å²) in [6, 6.07) is 24.8. The Balaban J connectivity index is 1.35. The Labute approximate surface area is 250 Å². The zero-order valence-electron chi connectivity index (χ0n) is 21.3. The van der Waals surface area contributed by atoms with Crippen LogP contribution in [0.2, 0.25) is 15.1 Å². The number of ether oxygens (including phenoxy) is 2. The largest absolute Gasteiger partial charge is 0.489 e. The summed E-state index contributed by atoms with van der Waals surface area (Å²) in [6.45, 7) is 0.523. The minimum Gasteiger partial charge on any atom is -0.489 e. The number of imide groups is 2. The lowest BCUT2D eigenvalue weighted by Crippen LogP contribution is -2.54. The first kappa shape index (κ1) is 28.2. The van der Waals surface area contributed by atoms with E-state index in [1.807, 2.05) is 24.3 Å². The second-order valence-corrected chi connectivity index (χ2v) is 10.3. The predicted octanol–water partition coefficient (Wildman–Crippen LogP) is 7.47. The van der Waals surface area contributed by atoms with Gasteiger partial charge in [0.05, 0.1) is 5.69 Å². The first-order valence-electron chi connectivity index (χ1n) is 12.3. The van der Waals surface area contributed by atoms with Crippen LogP contribution in [-0.2, 0) is 22.8 Å². The van der Waals surface area contributed by atoms with Crippen molar-refractivity contribution in [1.82, 2.24) is 5.32 Å². The Morgan fingerprint density at radius 3 is 1.85 bits per heavy atom. The summed E-state index contributed by atoms with van der Waals surface area (Å²) in [7, 11) is 0. The molecule has 0 saturated carbocycles. The fraction of sp³-hybridized carbons (Fsp3) is 0.0645. The van der Waals surface area contributed by atoms with Crippen molar-refractivity contribution in [2.45, 2.75) is 13.2 Å². The van der Waals surface area contributed by atoms with Crippen molar-refractivity contribution < 1.29 is 23.9 Å². The third-order valence-corrected chi connectivity index (χ3v) is 6.83. The average molecular weight is 608 g/mol. The Bertz CT molecular complexity index is 1640. The van der Waals surface area contributed by atoms with E-state index >= 15 is 0 Å². The molecule has 1 aliphatic heterocycles. The molecule has 0 spiro atoms. The number of hydrogen-bond acceptors (Lipinski definition) is 5. The van der Waals surface area contributed by atoms with Gasteiger partial charge in [0, 0.05) is 20.6 Å². The quantitative estimate of drug-likeness (QED) is 0.166. The smallest absolute Gasteiger partial charge is 0.335 e. The molecule has 1 saturated heterocycles. The third-order valence-electron chi connectivity index (χ3n) is 6.09. The summed E-state index contributed by atoms with van der Waals surface area (Å²) >= 11 is 18.1. The molecular formula is C31H21Cl3N2O5. The van der Waals surface area contributed by atoms with E-state index < -0.39 is 17.8 Å². The molecular weight excluding hydrogens is 587 g/mol. The van der Waals surface area contributed by atoms with E-state index in [9.17, 15) is 14.4 Å². The van der Waals surface area contributed by atoms with Crippen LogP contribution in [0.15, 0.2) is 96.6 Å². The molecule has 4 amide bonds. The zero-order valence-corrected chi connectivity index (χ0v) is 23.5. The Morgan fingerprint density at radius 2 is 1.24 bits per heavy atom. The average Bonchev–Trinajstić information content (AvgIpc) is 2.96. The summed E-state index contributed by atoms with van der Waals surface area (Å²) in [6.07, 6.45) is 1.35. The third kappa shape index (κ3) is 6.89. The number of nitrogens with zero attached hydrogens (tertiary/aromatic N) is 1. The fourth-order valence-electron chi connectivity index (χ4n) is 3.99. The molecule has 4 aromatic carbocycles. The normalized spacial score (nSPS) is 14.3. The highest BCUT2D eigenvalue weighted by Gasteiger charge is 2.37. The standard InChI is InChI=1S/C31H21Cl3N2O5/c32-22-5-1-19(2-6-22)17-40-26-12-10-25(11-13-26)36-30(38)27(29(37)35-31(36)39)16-21-15-24(34)9-14-28(21)41-18-20-3-7-23(33)8-4-20/h1-16H,17-18H2,(H,35,37,39)/b27-16+. The maximum atomic E-state index is 13.4. The van der Waals surface area contributed by atoms with Crippen molar-refractivity contribution in [2.75, 3.05) is 4.90 Å². The van der Waals surface area contributed by atoms with Gasteiger partial charge < -0.3 is 9.47 Å². The highest BCUT2D eigenvalue weighted by atomic mass is 35.5. The van der Waals surface area contributed by atoms with E-state index in [0.717, 1.165) is 16.0 Å². The summed E-state index contributed by atoms with van der Waals surface area (Å²) in [5.41, 5.74) is 2.19. The van der Waals surface area contributed by atoms with Crippen molar-refractivity contribution >= 4 is 64.4 Å². The van der Waals surface area contributed by atoms with E-state index in [0.29, 0.717) is 38.7 Å². The van der Waals surface area contributed by atoms with E-state index in [-0.39, 0.29) is 17.9 Å². The van der Waals surface area contributed by atoms with Gasteiger partial charge in [-0.1, -0.05) is 59.1 Å². The highest BCUT2D eigenvalue weighted by Crippen LogP contribution is 2.29. The zero-order chi connectivity index (χ0) is 28.9. The van der Waals surface area contributed by atoms with Crippen molar-refractivity contribution in [2.24, 2.45) is 0 Å². The van der Waals surface area contributed by atoms with E-state index in [1.165, 1.54) is 6.08 Å². The van der Waals surface area contributed by atoms with Crippen LogP contribution in [0, 0.1) is 0 Å². The molecule has 1 heterocycles. The Hall–Kier alpha value is -4.30. The van der Waals surface area contributed by atoms with Crippen LogP contribution in [0.5, 0.6) is 11.5 Å². The summed E-state index contributed by atoms with van der Waals surface area (Å²) in [4.78, 5) is 39.7. The second-order valence-electron chi connectivity index (χ2n) is 8.96. The molecule has 0 radical (unpaired) electrons. The summed E-state index contributed by atoms with van der Waals surface area (Å²) in [5, 5.41) is 3.83. The van der Waals surface area contributed by atoms with Gasteiger partial charge in [0.2, 0.25) is 0 Å². The maximum Gasteiger partial charge on any atom is 0.335 e. The molecule has 0 aliphatic carbocycles. The van der Waals surface area contributed by atoms with Gasteiger partial charge in [-0.25, -0.2) is 9.69 Å². The van der Waals surface area contributed by atoms with E-state index in [2.05, 4.69) is 5.32 Å². The number of carbonyl (C=O) groups is 3. The van der Waals surface area contributed by atoms with Crippen LogP contribution in [0.25, 0.3) is 6.08 Å². The van der Waals surface area contributed by atoms with Gasteiger partial charge in [0.1, 0.15) is 30.3 Å². The molecule has 4 aromatic rings. The second kappa shape index (κ2) is 12.5. The molecule has 0 atom stereocenters. The first-order valence-corrected chi connectivity index (χ1v) is 13.5. The fourth-order valence-corrected chi connectivity index (χ4v) is 4.42. The van der Waals surface area contributed by atoms with Crippen molar-refractivity contribution in [3.8, 4) is 11.5 Å². The van der Waals surface area contributed by atoms with Crippen molar-refractivity contribution in [3.05, 3.63) is 128 Å². The monoisotopic (exact) mass is 606 g/mol. The molecule has 0 aromatic heterocycles. The predicted molar refractivity (Wildman–Crippen MR) is 158 cm³/mol. The SMILES string of the molecule is O=C1NC(=O)N(c2ccc(OCc3ccc(Cl)cc3)cc2)C(=O)/C1=C/c1cc(Cl)ccc1OCc1ccc(Cl)cc1. The van der Waals surface area contributed by atoms with Crippen molar-refractivity contribution in [1.29, 1.82) is 0 Å². The number of carbonyl (C=O) groups excluding carboxylic acids is 3. The van der Waals surface area contributed by atoms with Crippen molar-refractivity contribution in [3.63, 3.8) is 0 Å². The van der Waals surface area contributed by atoms with Crippen LogP contribution in [-0.4, -0.2) is 17.8 Å². The number of amides is 4. The van der Waals surface area contributed by atoms with Gasteiger partial charge in [0.15, 0.2) is 0 Å². The molecule has 206 valence electrons. The number of benzene rings is 4. The van der Waals surface area contributed by atoms with E-state index in [1.54, 1.807) is 66.7 Å². The minimum atomic E-state index is -0.864. The Morgan fingerprint density at radius 1 is 0.683 bits per heavy atom. The van der Waals surface area contributed by atoms with Gasteiger partial charge >= 0.3 is 6.03 Å². The van der Waals surface area contributed by atoms with Gasteiger partial charge in [-0.05, 0) is 83.9 Å². The lowest BCUT2D eigenvalue weighted by atomic mass is 10.1. The lowest BCUT2D eigenvalue weighted by Gasteiger charge is -2.26. The Kier molecular flexibility index (Phi) is 8.59. The van der Waals surface area contributed by atoms with Crippen LogP contribution in [0.3, 0.4) is 0 Å². The lowest BCUT2D eigenvalue weighted by molar-refractivity contribution is -0.122. The number of rotatable bonds is 8. The molecule has 1 fully saturated rings. The van der Waals surface area contributed by atoms with Gasteiger partial charge in [-0.15, -0.1) is 0 Å². The summed E-state index contributed by atoms with van der Waals surface area (Å²) < 4.78 is 11.7. The molecule has 41 heavy (non-hydrogen) atoms. The molecule has 0 unspecified atom stereocenters.